The number of nitrogens with one attached hydrogen (secondary N) is 2. The molecule has 0 aromatic rings. The van der Waals surface area contributed by atoms with Crippen LogP contribution in [0.2, 0.25) is 0 Å². The molecule has 2 atom stereocenters. The Hall–Kier alpha value is -0.650. The summed E-state index contributed by atoms with van der Waals surface area (Å²) in [6.07, 6.45) is 0.638. The van der Waals surface area contributed by atoms with Crippen molar-refractivity contribution in [1.29, 1.82) is 0 Å². The smallest absolute Gasteiger partial charge is 0.222 e. The van der Waals surface area contributed by atoms with E-state index in [4.69, 9.17) is 4.74 Å². The van der Waals surface area contributed by atoms with E-state index < -0.39 is 0 Å². The summed E-state index contributed by atoms with van der Waals surface area (Å²) in [5, 5.41) is 15.6. The lowest BCUT2D eigenvalue weighted by Gasteiger charge is -2.23. The lowest BCUT2D eigenvalue weighted by Crippen LogP contribution is -2.41. The average molecular weight is 244 g/mol. The molecule has 1 aliphatic rings. The fraction of sp³-hybridized carbons (Fsp3) is 0.917. The molecule has 1 rings (SSSR count). The molecule has 2 unspecified atom stereocenters. The van der Waals surface area contributed by atoms with E-state index in [1.54, 1.807) is 0 Å². The summed E-state index contributed by atoms with van der Waals surface area (Å²) in [6.45, 7) is 6.73. The summed E-state index contributed by atoms with van der Waals surface area (Å²) in [5.74, 6) is 0.229. The zero-order valence-electron chi connectivity index (χ0n) is 10.7. The largest absolute Gasteiger partial charge is 0.393 e. The highest BCUT2D eigenvalue weighted by atomic mass is 16.5. The number of hydrogen-bond donors (Lipinski definition) is 3. The molecule has 17 heavy (non-hydrogen) atoms. The van der Waals surface area contributed by atoms with Gasteiger partial charge < -0.3 is 20.5 Å². The minimum Gasteiger partial charge on any atom is -0.393 e. The number of carbonyl (C=O) groups is 1. The predicted octanol–water partition coefficient (Wildman–Crippen LogP) is -0.112. The molecule has 1 amide bonds. The van der Waals surface area contributed by atoms with Gasteiger partial charge in [0.15, 0.2) is 0 Å². The van der Waals surface area contributed by atoms with Gasteiger partial charge in [-0.15, -0.1) is 0 Å². The van der Waals surface area contributed by atoms with Gasteiger partial charge >= 0.3 is 0 Å². The molecule has 0 aromatic carbocycles. The molecule has 5 nitrogen and oxygen atoms in total. The summed E-state index contributed by atoms with van der Waals surface area (Å²) in [5.41, 5.74) is 0. The number of carbonyl (C=O) groups excluding carboxylic acids is 1. The molecule has 0 aromatic heterocycles. The molecule has 1 heterocycles. The molecule has 0 bridgehead atoms. The van der Waals surface area contributed by atoms with E-state index in [1.165, 1.54) is 0 Å². The Kier molecular flexibility index (Phi) is 6.47. The van der Waals surface area contributed by atoms with E-state index in [2.05, 4.69) is 10.6 Å². The summed E-state index contributed by atoms with van der Waals surface area (Å²) in [7, 11) is 0. The highest BCUT2D eigenvalue weighted by Crippen LogP contribution is 2.05. The first-order valence-electron chi connectivity index (χ1n) is 6.36. The van der Waals surface area contributed by atoms with Crippen LogP contribution >= 0.6 is 0 Å². The Morgan fingerprint density at radius 2 is 2.35 bits per heavy atom. The molecule has 0 spiro atoms. The van der Waals surface area contributed by atoms with Crippen LogP contribution < -0.4 is 10.6 Å². The zero-order chi connectivity index (χ0) is 12.7. The van der Waals surface area contributed by atoms with Crippen LogP contribution in [-0.4, -0.2) is 49.5 Å². The lowest BCUT2D eigenvalue weighted by molar-refractivity contribution is -0.124. The van der Waals surface area contributed by atoms with Crippen LogP contribution in [0.5, 0.6) is 0 Å². The number of ether oxygens (including phenoxy) is 1. The first-order chi connectivity index (χ1) is 8.09. The monoisotopic (exact) mass is 244 g/mol. The van der Waals surface area contributed by atoms with Crippen molar-refractivity contribution < 1.29 is 14.6 Å². The molecule has 1 aliphatic heterocycles. The van der Waals surface area contributed by atoms with Crippen molar-refractivity contribution in [1.82, 2.24) is 10.6 Å². The Morgan fingerprint density at radius 1 is 1.59 bits per heavy atom. The summed E-state index contributed by atoms with van der Waals surface area (Å²) in [4.78, 5) is 11.6. The third-order valence-electron chi connectivity index (χ3n) is 2.95. The van der Waals surface area contributed by atoms with Crippen molar-refractivity contribution in [2.45, 2.75) is 38.9 Å². The zero-order valence-corrected chi connectivity index (χ0v) is 10.7. The van der Waals surface area contributed by atoms with Crippen LogP contribution in [0.3, 0.4) is 0 Å². The van der Waals surface area contributed by atoms with Crippen LogP contribution in [-0.2, 0) is 9.53 Å². The van der Waals surface area contributed by atoms with Gasteiger partial charge in [-0.2, -0.15) is 0 Å². The van der Waals surface area contributed by atoms with Crippen molar-refractivity contribution in [2.75, 3.05) is 26.2 Å². The van der Waals surface area contributed by atoms with E-state index >= 15 is 0 Å². The Bertz CT molecular complexity index is 228. The molecule has 0 radical (unpaired) electrons. The van der Waals surface area contributed by atoms with Gasteiger partial charge in [0.1, 0.15) is 0 Å². The molecule has 3 N–H and O–H groups in total. The molecular formula is C12H24N2O3. The number of morpholine rings is 1. The maximum atomic E-state index is 11.6. The van der Waals surface area contributed by atoms with Crippen LogP contribution in [0.15, 0.2) is 0 Å². The van der Waals surface area contributed by atoms with Gasteiger partial charge in [-0.3, -0.25) is 4.79 Å². The molecule has 100 valence electrons. The van der Waals surface area contributed by atoms with Gasteiger partial charge in [-0.25, -0.2) is 0 Å². The second-order valence-electron chi connectivity index (χ2n) is 4.85. The van der Waals surface area contributed by atoms with Gasteiger partial charge in [0.05, 0.1) is 25.2 Å². The van der Waals surface area contributed by atoms with Crippen LogP contribution in [0.25, 0.3) is 0 Å². The molecule has 0 aliphatic carbocycles. The van der Waals surface area contributed by atoms with Crippen LogP contribution in [0, 0.1) is 5.92 Å². The Morgan fingerprint density at radius 3 is 2.94 bits per heavy atom. The van der Waals surface area contributed by atoms with E-state index in [0.717, 1.165) is 13.1 Å². The quantitative estimate of drug-likeness (QED) is 0.609. The van der Waals surface area contributed by atoms with Crippen molar-refractivity contribution in [3.8, 4) is 0 Å². The first-order valence-corrected chi connectivity index (χ1v) is 6.36. The Labute approximate surface area is 103 Å². The summed E-state index contributed by atoms with van der Waals surface area (Å²) >= 11 is 0. The van der Waals surface area contributed by atoms with E-state index in [-0.39, 0.29) is 24.0 Å². The third-order valence-corrected chi connectivity index (χ3v) is 2.95. The molecule has 1 fully saturated rings. The van der Waals surface area contributed by atoms with Crippen molar-refractivity contribution >= 4 is 5.91 Å². The second-order valence-corrected chi connectivity index (χ2v) is 4.85. The fourth-order valence-corrected chi connectivity index (χ4v) is 1.72. The predicted molar refractivity (Wildman–Crippen MR) is 65.7 cm³/mol. The van der Waals surface area contributed by atoms with Crippen LogP contribution in [0.4, 0.5) is 0 Å². The van der Waals surface area contributed by atoms with E-state index in [9.17, 15) is 9.90 Å². The minimum atomic E-state index is -0.345. The van der Waals surface area contributed by atoms with Crippen molar-refractivity contribution in [2.24, 2.45) is 5.92 Å². The van der Waals surface area contributed by atoms with Gasteiger partial charge in [0.25, 0.3) is 0 Å². The maximum Gasteiger partial charge on any atom is 0.222 e. The number of aliphatic hydroxyl groups is 1. The molecular weight excluding hydrogens is 220 g/mol. The van der Waals surface area contributed by atoms with Crippen molar-refractivity contribution in [3.63, 3.8) is 0 Å². The van der Waals surface area contributed by atoms with Gasteiger partial charge in [-0.05, 0) is 12.3 Å². The number of amides is 1. The molecule has 1 saturated heterocycles. The topological polar surface area (TPSA) is 70.6 Å². The Balaban J connectivity index is 2.08. The first kappa shape index (κ1) is 14.4. The maximum absolute atomic E-state index is 11.6. The number of aliphatic hydroxyl groups excluding tert-OH is 1. The second kappa shape index (κ2) is 7.63. The lowest BCUT2D eigenvalue weighted by atomic mass is 10.0. The number of rotatable bonds is 6. The van der Waals surface area contributed by atoms with Crippen LogP contribution in [0.1, 0.15) is 26.7 Å². The van der Waals surface area contributed by atoms with Gasteiger partial charge in [-0.1, -0.05) is 13.8 Å². The molecule has 0 saturated carbocycles. The SMILES string of the molecule is CC(C)C(O)CCNC(=O)CC1CNCCO1. The summed E-state index contributed by atoms with van der Waals surface area (Å²) < 4.78 is 5.44. The van der Waals surface area contributed by atoms with Crippen molar-refractivity contribution in [3.05, 3.63) is 0 Å². The van der Waals surface area contributed by atoms with E-state index in [1.807, 2.05) is 13.8 Å². The van der Waals surface area contributed by atoms with Gasteiger partial charge in [0.2, 0.25) is 5.91 Å². The fourth-order valence-electron chi connectivity index (χ4n) is 1.72. The standard InChI is InChI=1S/C12H24N2O3/c1-9(2)11(15)3-4-14-12(16)7-10-8-13-5-6-17-10/h9-11,13,15H,3-8H2,1-2H3,(H,14,16). The van der Waals surface area contributed by atoms with Gasteiger partial charge in [0, 0.05) is 19.6 Å². The average Bonchev–Trinajstić information content (AvgIpc) is 2.30. The highest BCUT2D eigenvalue weighted by molar-refractivity contribution is 5.76. The van der Waals surface area contributed by atoms with E-state index in [0.29, 0.717) is 26.0 Å². The summed E-state index contributed by atoms with van der Waals surface area (Å²) in [6, 6.07) is 0. The normalized spacial score (nSPS) is 22.5. The third kappa shape index (κ3) is 6.00. The highest BCUT2D eigenvalue weighted by Gasteiger charge is 2.17. The molecule has 5 heteroatoms. The minimum absolute atomic E-state index is 0.00495. The number of hydrogen-bond acceptors (Lipinski definition) is 4.